The number of nitrogens with zero attached hydrogens (tertiary/aromatic N) is 3. The van der Waals surface area contributed by atoms with Crippen LogP contribution in [0.25, 0.3) is 0 Å². The Kier molecular flexibility index (Phi) is 5.48. The summed E-state index contributed by atoms with van der Waals surface area (Å²) in [5.41, 5.74) is 0.687. The summed E-state index contributed by atoms with van der Waals surface area (Å²) in [5.74, 6) is -0.663. The van der Waals surface area contributed by atoms with E-state index in [-0.39, 0.29) is 23.2 Å². The summed E-state index contributed by atoms with van der Waals surface area (Å²) in [6, 6.07) is 0. The van der Waals surface area contributed by atoms with Crippen molar-refractivity contribution >= 4 is 16.0 Å². The molecule has 2 heterocycles. The van der Waals surface area contributed by atoms with E-state index in [2.05, 4.69) is 5.10 Å². The number of aromatic carboxylic acids is 1. The first kappa shape index (κ1) is 18.4. The van der Waals surface area contributed by atoms with Crippen molar-refractivity contribution in [3.63, 3.8) is 0 Å². The Morgan fingerprint density at radius 2 is 1.96 bits per heavy atom. The topological polar surface area (TPSA) is 92.5 Å². The molecule has 1 aromatic rings. The number of carbonyl (C=O) groups is 1. The molecule has 2 fully saturated rings. The molecule has 140 valence electrons. The van der Waals surface area contributed by atoms with Gasteiger partial charge in [0.25, 0.3) is 0 Å². The molecule has 1 saturated carbocycles. The Morgan fingerprint density at radius 3 is 2.64 bits per heavy atom. The van der Waals surface area contributed by atoms with Crippen molar-refractivity contribution in [1.82, 2.24) is 14.1 Å². The minimum absolute atomic E-state index is 0.151. The van der Waals surface area contributed by atoms with Crippen LogP contribution in [0.3, 0.4) is 0 Å². The molecule has 3 rings (SSSR count). The fourth-order valence-corrected chi connectivity index (χ4v) is 6.10. The molecule has 1 aliphatic heterocycles. The molecular formula is C17H27N3O4S. The predicted octanol–water partition coefficient (Wildman–Crippen LogP) is 2.21. The zero-order chi connectivity index (χ0) is 18.0. The van der Waals surface area contributed by atoms with E-state index < -0.39 is 16.0 Å². The van der Waals surface area contributed by atoms with Crippen LogP contribution in [-0.4, -0.2) is 52.4 Å². The van der Waals surface area contributed by atoms with E-state index in [1.807, 2.05) is 0 Å². The molecule has 1 saturated heterocycles. The minimum Gasteiger partial charge on any atom is -0.478 e. The summed E-state index contributed by atoms with van der Waals surface area (Å²) in [4.78, 5) is 11.4. The fraction of sp³-hybridized carbons (Fsp3) is 0.765. The van der Waals surface area contributed by atoms with Crippen molar-refractivity contribution in [1.29, 1.82) is 0 Å². The van der Waals surface area contributed by atoms with Crippen LogP contribution in [0.1, 0.15) is 66.9 Å². The zero-order valence-corrected chi connectivity index (χ0v) is 15.5. The van der Waals surface area contributed by atoms with Gasteiger partial charge < -0.3 is 5.11 Å². The van der Waals surface area contributed by atoms with E-state index in [4.69, 9.17) is 0 Å². The maximum absolute atomic E-state index is 12.8. The van der Waals surface area contributed by atoms with E-state index in [1.165, 1.54) is 17.3 Å². The Balaban J connectivity index is 1.73. The van der Waals surface area contributed by atoms with Crippen LogP contribution in [0.2, 0.25) is 0 Å². The van der Waals surface area contributed by atoms with Crippen molar-refractivity contribution in [3.8, 4) is 0 Å². The van der Waals surface area contributed by atoms with Crippen LogP contribution < -0.4 is 0 Å². The molecule has 8 heteroatoms. The van der Waals surface area contributed by atoms with Gasteiger partial charge >= 0.3 is 5.97 Å². The highest BCUT2D eigenvalue weighted by Crippen LogP contribution is 2.31. The number of hydrogen-bond acceptors (Lipinski definition) is 4. The lowest BCUT2D eigenvalue weighted by Crippen LogP contribution is -2.42. The van der Waals surface area contributed by atoms with Crippen molar-refractivity contribution in [2.24, 2.45) is 13.0 Å². The summed E-state index contributed by atoms with van der Waals surface area (Å²) in [7, 11) is -1.61. The lowest BCUT2D eigenvalue weighted by molar-refractivity contribution is 0.0694. The summed E-state index contributed by atoms with van der Waals surface area (Å²) >= 11 is 0. The summed E-state index contributed by atoms with van der Waals surface area (Å²) in [5, 5.41) is 13.7. The molecule has 1 N–H and O–H groups in total. The van der Waals surface area contributed by atoms with E-state index >= 15 is 0 Å². The number of sulfonamides is 1. The van der Waals surface area contributed by atoms with Crippen LogP contribution in [0.15, 0.2) is 6.20 Å². The standard InChI is InChI=1S/C17H27N3O4S/c1-19-11-15(17(21)22)16(18-19)14-8-5-9-20(10-14)25(23,24)12-13-6-3-2-4-7-13/h11,13-14H,2-10,12H2,1H3,(H,21,22). The van der Waals surface area contributed by atoms with Gasteiger partial charge in [-0.1, -0.05) is 19.3 Å². The van der Waals surface area contributed by atoms with Gasteiger partial charge in [0.15, 0.2) is 0 Å². The highest BCUT2D eigenvalue weighted by Gasteiger charge is 2.34. The Hall–Kier alpha value is -1.41. The molecule has 25 heavy (non-hydrogen) atoms. The van der Waals surface area contributed by atoms with Crippen molar-refractivity contribution in [2.75, 3.05) is 18.8 Å². The van der Waals surface area contributed by atoms with E-state index in [9.17, 15) is 18.3 Å². The van der Waals surface area contributed by atoms with Gasteiger partial charge in [0, 0.05) is 32.3 Å². The molecule has 0 spiro atoms. The highest BCUT2D eigenvalue weighted by molar-refractivity contribution is 7.89. The maximum Gasteiger partial charge on any atom is 0.339 e. The van der Waals surface area contributed by atoms with Crippen molar-refractivity contribution in [3.05, 3.63) is 17.5 Å². The molecule has 1 aliphatic carbocycles. The molecule has 0 bridgehead atoms. The molecule has 1 unspecified atom stereocenters. The van der Waals surface area contributed by atoms with Gasteiger partial charge in [-0.25, -0.2) is 17.5 Å². The van der Waals surface area contributed by atoms with Crippen molar-refractivity contribution < 1.29 is 18.3 Å². The summed E-state index contributed by atoms with van der Waals surface area (Å²) in [6.45, 7) is 0.868. The quantitative estimate of drug-likeness (QED) is 0.859. The molecule has 1 atom stereocenters. The number of aryl methyl sites for hydroxylation is 1. The van der Waals surface area contributed by atoms with E-state index in [0.717, 1.165) is 38.5 Å². The molecule has 7 nitrogen and oxygen atoms in total. The molecule has 0 amide bonds. The van der Waals surface area contributed by atoms with Crippen LogP contribution in [0, 0.1) is 5.92 Å². The fourth-order valence-electron chi connectivity index (χ4n) is 4.15. The number of hydrogen-bond donors (Lipinski definition) is 1. The largest absolute Gasteiger partial charge is 0.478 e. The second-order valence-electron chi connectivity index (χ2n) is 7.39. The predicted molar refractivity (Wildman–Crippen MR) is 94.1 cm³/mol. The lowest BCUT2D eigenvalue weighted by atomic mass is 9.91. The third kappa shape index (κ3) is 4.23. The SMILES string of the molecule is Cn1cc(C(=O)O)c(C2CCCN(S(=O)(=O)CC3CCCCC3)C2)n1. The molecular weight excluding hydrogens is 342 g/mol. The van der Waals surface area contributed by atoms with Crippen molar-refractivity contribution in [2.45, 2.75) is 50.9 Å². The second-order valence-corrected chi connectivity index (χ2v) is 9.40. The van der Waals surface area contributed by atoms with Gasteiger partial charge in [0.05, 0.1) is 11.4 Å². The van der Waals surface area contributed by atoms with Crippen LogP contribution in [0.5, 0.6) is 0 Å². The van der Waals surface area contributed by atoms with E-state index in [0.29, 0.717) is 18.8 Å². The normalized spacial score (nSPS) is 23.6. The first-order chi connectivity index (χ1) is 11.9. The molecule has 0 radical (unpaired) electrons. The maximum atomic E-state index is 12.8. The Labute approximate surface area is 149 Å². The first-order valence-corrected chi connectivity index (χ1v) is 10.7. The Morgan fingerprint density at radius 1 is 1.24 bits per heavy atom. The lowest BCUT2D eigenvalue weighted by Gasteiger charge is -2.33. The second kappa shape index (κ2) is 7.45. The first-order valence-electron chi connectivity index (χ1n) is 9.11. The summed E-state index contributed by atoms with van der Waals surface area (Å²) < 4.78 is 28.7. The third-order valence-electron chi connectivity index (χ3n) is 5.42. The average Bonchev–Trinajstić information content (AvgIpc) is 2.98. The van der Waals surface area contributed by atoms with Gasteiger partial charge in [-0.3, -0.25) is 4.68 Å². The van der Waals surface area contributed by atoms with Gasteiger partial charge in [0.1, 0.15) is 5.56 Å². The smallest absolute Gasteiger partial charge is 0.339 e. The molecule has 2 aliphatic rings. The third-order valence-corrected chi connectivity index (χ3v) is 7.43. The van der Waals surface area contributed by atoms with Gasteiger partial charge in [-0.05, 0) is 31.6 Å². The number of carboxylic acids is 1. The monoisotopic (exact) mass is 369 g/mol. The zero-order valence-electron chi connectivity index (χ0n) is 14.7. The van der Waals surface area contributed by atoms with Crippen LogP contribution in [0.4, 0.5) is 0 Å². The molecule has 0 aromatic carbocycles. The molecule has 1 aromatic heterocycles. The van der Waals surface area contributed by atoms with Crippen LogP contribution >= 0.6 is 0 Å². The highest BCUT2D eigenvalue weighted by atomic mass is 32.2. The average molecular weight is 369 g/mol. The van der Waals surface area contributed by atoms with Crippen LogP contribution in [-0.2, 0) is 17.1 Å². The summed E-state index contributed by atoms with van der Waals surface area (Å²) in [6.07, 6.45) is 8.46. The Bertz CT molecular complexity index is 722. The van der Waals surface area contributed by atoms with Gasteiger partial charge in [-0.15, -0.1) is 0 Å². The van der Waals surface area contributed by atoms with Gasteiger partial charge in [-0.2, -0.15) is 5.10 Å². The number of aromatic nitrogens is 2. The number of rotatable bonds is 5. The van der Waals surface area contributed by atoms with E-state index in [1.54, 1.807) is 11.4 Å². The number of carboxylic acid groups (broad SMARTS) is 1. The number of piperidine rings is 1. The van der Waals surface area contributed by atoms with Gasteiger partial charge in [0.2, 0.25) is 10.0 Å². The minimum atomic E-state index is -3.30.